The Morgan fingerprint density at radius 2 is 1.25 bits per heavy atom. The molecule has 0 unspecified atom stereocenters. The third kappa shape index (κ3) is 23.8. The molecule has 5 nitrogen and oxygen atoms in total. The fourth-order valence-electron chi connectivity index (χ4n) is 0.863. The van der Waals surface area contributed by atoms with E-state index in [0.717, 1.165) is 0 Å². The zero-order chi connectivity index (χ0) is 13.6. The van der Waals surface area contributed by atoms with Crippen molar-refractivity contribution in [2.24, 2.45) is 17.0 Å². The van der Waals surface area contributed by atoms with Crippen LogP contribution >= 0.6 is 10.7 Å². The lowest BCUT2D eigenvalue weighted by Gasteiger charge is -1.98. The van der Waals surface area contributed by atoms with Gasteiger partial charge in [-0.15, -0.1) is 0 Å². The maximum atomic E-state index is 10.2. The summed E-state index contributed by atoms with van der Waals surface area (Å²) in [5.74, 6) is 0.393. The van der Waals surface area contributed by atoms with Gasteiger partial charge in [0, 0.05) is 10.7 Å². The van der Waals surface area contributed by atoms with E-state index >= 15 is 0 Å². The molecule has 0 aliphatic carbocycles. The summed E-state index contributed by atoms with van der Waals surface area (Å²) in [4.78, 5) is 0. The van der Waals surface area contributed by atoms with Crippen molar-refractivity contribution in [3.63, 3.8) is 0 Å². The van der Waals surface area contributed by atoms with Crippen molar-refractivity contribution in [3.05, 3.63) is 0 Å². The Labute approximate surface area is 103 Å². The highest BCUT2D eigenvalue weighted by Crippen LogP contribution is 2.03. The molecule has 0 saturated carbocycles. The Kier molecular flexibility index (Phi) is 8.64. The normalized spacial score (nSPS) is 12.5. The van der Waals surface area contributed by atoms with Crippen molar-refractivity contribution in [1.29, 1.82) is 0 Å². The van der Waals surface area contributed by atoms with Gasteiger partial charge in [-0.3, -0.25) is 0 Å². The molecular formula is C8H20ClNO4S2. The first kappa shape index (κ1) is 18.5. The Morgan fingerprint density at radius 3 is 1.25 bits per heavy atom. The summed E-state index contributed by atoms with van der Waals surface area (Å²) in [5.41, 5.74) is 0. The van der Waals surface area contributed by atoms with Gasteiger partial charge in [0.2, 0.25) is 19.1 Å². The quantitative estimate of drug-likeness (QED) is 0.786. The zero-order valence-corrected chi connectivity index (χ0v) is 12.4. The van der Waals surface area contributed by atoms with Crippen LogP contribution in [-0.2, 0) is 19.1 Å². The molecule has 16 heavy (non-hydrogen) atoms. The molecule has 0 heterocycles. The molecule has 0 aliphatic rings. The fourth-order valence-corrected chi connectivity index (χ4v) is 3.34. The lowest BCUT2D eigenvalue weighted by Crippen LogP contribution is -2.19. The lowest BCUT2D eigenvalue weighted by atomic mass is 10.3. The minimum atomic E-state index is -3.25. The summed E-state index contributed by atoms with van der Waals surface area (Å²) in [6, 6.07) is 0. The average molecular weight is 294 g/mol. The highest BCUT2D eigenvalue weighted by atomic mass is 35.7. The first-order valence-corrected chi connectivity index (χ1v) is 8.95. The van der Waals surface area contributed by atoms with E-state index in [1.54, 1.807) is 13.8 Å². The molecule has 0 aliphatic heterocycles. The van der Waals surface area contributed by atoms with Crippen molar-refractivity contribution in [3.8, 4) is 0 Å². The molecule has 0 radical (unpaired) electrons. The molecule has 0 saturated heterocycles. The fraction of sp³-hybridized carbons (Fsp3) is 1.00. The summed E-state index contributed by atoms with van der Waals surface area (Å²) >= 11 is 0. The smallest absolute Gasteiger partial charge is 0.229 e. The molecule has 0 atom stereocenters. The molecule has 0 aromatic rings. The predicted octanol–water partition coefficient (Wildman–Crippen LogP) is 1.14. The minimum absolute atomic E-state index is 0.0640. The molecular weight excluding hydrogens is 274 g/mol. The Morgan fingerprint density at radius 1 is 0.938 bits per heavy atom. The summed E-state index contributed by atoms with van der Waals surface area (Å²) < 4.78 is 40.9. The average Bonchev–Trinajstić information content (AvgIpc) is 1.72. The van der Waals surface area contributed by atoms with E-state index in [4.69, 9.17) is 15.8 Å². The van der Waals surface area contributed by atoms with E-state index in [2.05, 4.69) is 0 Å². The standard InChI is InChI=1S/C4H9ClO2S.C4H11NO2S/c2*1-4(2)3-8(5,6)7/h4H,3H2,1-2H3;4H,3H2,1-2H3,(H2,5,6,7). The van der Waals surface area contributed by atoms with Crippen molar-refractivity contribution in [2.75, 3.05) is 11.5 Å². The molecule has 8 heteroatoms. The van der Waals surface area contributed by atoms with E-state index in [1.807, 2.05) is 13.8 Å². The molecule has 0 aromatic carbocycles. The van der Waals surface area contributed by atoms with Crippen LogP contribution in [0, 0.1) is 11.8 Å². The first-order chi connectivity index (χ1) is 6.83. The van der Waals surface area contributed by atoms with E-state index in [-0.39, 0.29) is 23.3 Å². The Hall–Kier alpha value is 0.150. The molecule has 0 aromatic heterocycles. The van der Waals surface area contributed by atoms with Crippen LogP contribution in [0.3, 0.4) is 0 Å². The van der Waals surface area contributed by atoms with Gasteiger partial charge in [-0.05, 0) is 11.8 Å². The largest absolute Gasteiger partial charge is 0.232 e. The van der Waals surface area contributed by atoms with Gasteiger partial charge in [0.25, 0.3) is 0 Å². The van der Waals surface area contributed by atoms with Crippen molar-refractivity contribution < 1.29 is 16.8 Å². The van der Waals surface area contributed by atoms with Gasteiger partial charge >= 0.3 is 0 Å². The van der Waals surface area contributed by atoms with Crippen molar-refractivity contribution in [2.45, 2.75) is 27.7 Å². The molecule has 0 fully saturated rings. The monoisotopic (exact) mass is 293 g/mol. The number of halogens is 1. The number of rotatable bonds is 4. The minimum Gasteiger partial charge on any atom is -0.229 e. The van der Waals surface area contributed by atoms with Crippen molar-refractivity contribution in [1.82, 2.24) is 0 Å². The van der Waals surface area contributed by atoms with Crippen LogP contribution in [0.5, 0.6) is 0 Å². The van der Waals surface area contributed by atoms with Crippen LogP contribution in [0.25, 0.3) is 0 Å². The van der Waals surface area contributed by atoms with Crippen molar-refractivity contribution >= 4 is 29.8 Å². The van der Waals surface area contributed by atoms with Crippen LogP contribution in [0.15, 0.2) is 0 Å². The van der Waals surface area contributed by atoms with Gasteiger partial charge in [0.05, 0.1) is 11.5 Å². The third-order valence-corrected chi connectivity index (χ3v) is 3.67. The third-order valence-electron chi connectivity index (χ3n) is 1.10. The molecule has 0 bridgehead atoms. The molecule has 0 spiro atoms. The Bertz CT molecular complexity index is 335. The Balaban J connectivity index is 0. The second-order valence-corrected chi connectivity index (χ2v) is 8.80. The SMILES string of the molecule is CC(C)CS(=O)(=O)Cl.CC(C)CS(N)(=O)=O. The molecule has 2 N–H and O–H groups in total. The lowest BCUT2D eigenvalue weighted by molar-refractivity contribution is 0.584. The van der Waals surface area contributed by atoms with Crippen LogP contribution in [0.1, 0.15) is 27.7 Å². The highest BCUT2D eigenvalue weighted by molar-refractivity contribution is 8.13. The van der Waals surface area contributed by atoms with Gasteiger partial charge < -0.3 is 0 Å². The summed E-state index contributed by atoms with van der Waals surface area (Å²) in [6.45, 7) is 7.23. The number of primary sulfonamides is 1. The van der Waals surface area contributed by atoms with Gasteiger partial charge in [-0.2, -0.15) is 0 Å². The second kappa shape index (κ2) is 7.47. The van der Waals surface area contributed by atoms with E-state index < -0.39 is 19.1 Å². The van der Waals surface area contributed by atoms with Crippen LogP contribution in [0.4, 0.5) is 0 Å². The number of hydrogen-bond acceptors (Lipinski definition) is 4. The number of sulfonamides is 1. The number of nitrogens with two attached hydrogens (primary N) is 1. The molecule has 0 rings (SSSR count). The maximum Gasteiger partial charge on any atom is 0.232 e. The summed E-state index contributed by atoms with van der Waals surface area (Å²) in [5, 5.41) is 4.71. The summed E-state index contributed by atoms with van der Waals surface area (Å²) in [6.07, 6.45) is 0. The van der Waals surface area contributed by atoms with E-state index in [0.29, 0.717) is 0 Å². The van der Waals surface area contributed by atoms with Crippen LogP contribution in [0.2, 0.25) is 0 Å². The zero-order valence-electron chi connectivity index (χ0n) is 9.97. The topological polar surface area (TPSA) is 94.3 Å². The van der Waals surface area contributed by atoms with Gasteiger partial charge in [-0.1, -0.05) is 27.7 Å². The highest BCUT2D eigenvalue weighted by Gasteiger charge is 2.06. The first-order valence-electron chi connectivity index (χ1n) is 4.76. The van der Waals surface area contributed by atoms with Gasteiger partial charge in [0.15, 0.2) is 0 Å². The number of hydrogen-bond donors (Lipinski definition) is 1. The molecule has 100 valence electrons. The van der Waals surface area contributed by atoms with Gasteiger partial charge in [0.1, 0.15) is 0 Å². The second-order valence-electron chi connectivity index (χ2n) is 4.32. The predicted molar refractivity (Wildman–Crippen MR) is 67.3 cm³/mol. The maximum absolute atomic E-state index is 10.2. The molecule has 0 amide bonds. The van der Waals surface area contributed by atoms with E-state index in [1.165, 1.54) is 0 Å². The van der Waals surface area contributed by atoms with E-state index in [9.17, 15) is 16.8 Å². The van der Waals surface area contributed by atoms with Crippen LogP contribution < -0.4 is 5.14 Å². The van der Waals surface area contributed by atoms with Crippen LogP contribution in [-0.4, -0.2) is 28.3 Å². The summed E-state index contributed by atoms with van der Waals surface area (Å²) in [7, 11) is -1.57. The van der Waals surface area contributed by atoms with Gasteiger partial charge in [-0.25, -0.2) is 22.0 Å².